The van der Waals surface area contributed by atoms with E-state index in [1.54, 1.807) is 0 Å². The Balaban J connectivity index is 1.29. The predicted molar refractivity (Wildman–Crippen MR) is 108 cm³/mol. The van der Waals surface area contributed by atoms with E-state index in [1.165, 1.54) is 6.42 Å². The lowest BCUT2D eigenvalue weighted by Gasteiger charge is -2.54. The minimum atomic E-state index is -0.00980. The molecule has 3 aliphatic rings. The van der Waals surface area contributed by atoms with Gasteiger partial charge in [0.25, 0.3) is 0 Å². The molecule has 3 fully saturated rings. The Morgan fingerprint density at radius 3 is 2.43 bits per heavy atom. The first-order valence-corrected chi connectivity index (χ1v) is 10.5. The Labute approximate surface area is 167 Å². The highest BCUT2D eigenvalue weighted by Crippen LogP contribution is 2.55. The summed E-state index contributed by atoms with van der Waals surface area (Å²) in [5.74, 6) is 0.761. The molecule has 0 radical (unpaired) electrons. The van der Waals surface area contributed by atoms with E-state index in [4.69, 9.17) is 4.74 Å². The summed E-state index contributed by atoms with van der Waals surface area (Å²) in [6.07, 6.45) is 5.02. The van der Waals surface area contributed by atoms with Crippen LogP contribution in [0.3, 0.4) is 0 Å². The smallest absolute Gasteiger partial charge is 0.321 e. The molecule has 0 aromatic heterocycles. The van der Waals surface area contributed by atoms with Gasteiger partial charge in [0.05, 0.1) is 13.2 Å². The molecule has 28 heavy (non-hydrogen) atoms. The van der Waals surface area contributed by atoms with E-state index in [0.717, 1.165) is 56.7 Å². The van der Waals surface area contributed by atoms with Gasteiger partial charge in [-0.15, -0.1) is 0 Å². The minimum absolute atomic E-state index is 0.00980. The zero-order chi connectivity index (χ0) is 19.6. The number of nitrogens with zero attached hydrogens (tertiary/aromatic N) is 2. The van der Waals surface area contributed by atoms with E-state index in [9.17, 15) is 9.59 Å². The molecule has 152 valence electrons. The summed E-state index contributed by atoms with van der Waals surface area (Å²) in [4.78, 5) is 29.2. The summed E-state index contributed by atoms with van der Waals surface area (Å²) in [5.41, 5.74) is 2.22. The van der Waals surface area contributed by atoms with Crippen LogP contribution in [0.25, 0.3) is 0 Å². The summed E-state index contributed by atoms with van der Waals surface area (Å²) in [7, 11) is 0. The zero-order valence-corrected chi connectivity index (χ0v) is 16.8. The Hall–Kier alpha value is -2.08. The van der Waals surface area contributed by atoms with E-state index >= 15 is 0 Å². The number of anilines is 1. The molecule has 1 saturated carbocycles. The number of hydrogen-bond acceptors (Lipinski definition) is 3. The van der Waals surface area contributed by atoms with Gasteiger partial charge in [-0.25, -0.2) is 4.79 Å². The van der Waals surface area contributed by atoms with Gasteiger partial charge in [0.2, 0.25) is 5.91 Å². The van der Waals surface area contributed by atoms with Crippen molar-refractivity contribution < 1.29 is 14.3 Å². The van der Waals surface area contributed by atoms with E-state index in [-0.39, 0.29) is 17.4 Å². The summed E-state index contributed by atoms with van der Waals surface area (Å²) < 4.78 is 5.35. The molecule has 1 atom stereocenters. The van der Waals surface area contributed by atoms with Gasteiger partial charge in [0.1, 0.15) is 0 Å². The van der Waals surface area contributed by atoms with Crippen LogP contribution in [0.1, 0.15) is 37.7 Å². The molecule has 1 aliphatic carbocycles. The lowest BCUT2D eigenvalue weighted by molar-refractivity contribution is -0.140. The minimum Gasteiger partial charge on any atom is -0.378 e. The highest BCUT2D eigenvalue weighted by atomic mass is 16.5. The molecule has 6 heteroatoms. The number of carbonyl (C=O) groups is 2. The van der Waals surface area contributed by atoms with E-state index < -0.39 is 0 Å². The van der Waals surface area contributed by atoms with Crippen LogP contribution < -0.4 is 5.32 Å². The summed E-state index contributed by atoms with van der Waals surface area (Å²) in [6.45, 7) is 6.33. The maximum atomic E-state index is 12.6. The fourth-order valence-electron chi connectivity index (χ4n) is 4.95. The lowest BCUT2D eigenvalue weighted by atomic mass is 9.54. The third-order valence-corrected chi connectivity index (χ3v) is 7.07. The standard InChI is InChI=1S/C22H31N3O3/c1-17-4-2-3-5-19(17)23-21(27)25-10-8-22(9-11-25)7-6-18(22)16-20(26)24-12-14-28-15-13-24/h2-5,18H,6-16H2,1H3,(H,23,27). The molecule has 4 rings (SSSR count). The van der Waals surface area contributed by atoms with Gasteiger partial charge < -0.3 is 19.9 Å². The first kappa shape index (κ1) is 19.2. The predicted octanol–water partition coefficient (Wildman–Crippen LogP) is 3.27. The van der Waals surface area contributed by atoms with Crippen LogP contribution in [0, 0.1) is 18.3 Å². The van der Waals surface area contributed by atoms with Crippen LogP contribution in [0.5, 0.6) is 0 Å². The molecule has 6 nitrogen and oxygen atoms in total. The zero-order valence-electron chi connectivity index (χ0n) is 16.8. The number of para-hydroxylation sites is 1. The molecular weight excluding hydrogens is 354 g/mol. The second-order valence-corrected chi connectivity index (χ2v) is 8.53. The molecular formula is C22H31N3O3. The van der Waals surface area contributed by atoms with Crippen molar-refractivity contribution >= 4 is 17.6 Å². The fourth-order valence-corrected chi connectivity index (χ4v) is 4.95. The molecule has 1 aromatic carbocycles. The Morgan fingerprint density at radius 1 is 1.07 bits per heavy atom. The molecule has 0 bridgehead atoms. The summed E-state index contributed by atoms with van der Waals surface area (Å²) in [5, 5.41) is 3.04. The third kappa shape index (κ3) is 3.88. The molecule has 3 amide bonds. The average molecular weight is 386 g/mol. The van der Waals surface area contributed by atoms with Crippen molar-refractivity contribution in [3.05, 3.63) is 29.8 Å². The maximum Gasteiger partial charge on any atom is 0.321 e. The van der Waals surface area contributed by atoms with Crippen molar-refractivity contribution in [1.29, 1.82) is 0 Å². The molecule has 2 heterocycles. The fraction of sp³-hybridized carbons (Fsp3) is 0.636. The summed E-state index contributed by atoms with van der Waals surface area (Å²) in [6, 6.07) is 7.86. The highest BCUT2D eigenvalue weighted by molar-refractivity contribution is 5.90. The van der Waals surface area contributed by atoms with Crippen LogP contribution >= 0.6 is 0 Å². The number of morpholine rings is 1. The lowest BCUT2D eigenvalue weighted by Crippen LogP contribution is -2.53. The molecule has 1 spiro atoms. The van der Waals surface area contributed by atoms with Gasteiger partial charge >= 0.3 is 6.03 Å². The third-order valence-electron chi connectivity index (χ3n) is 7.07. The maximum absolute atomic E-state index is 12.6. The van der Waals surface area contributed by atoms with E-state index in [2.05, 4.69) is 5.32 Å². The number of carbonyl (C=O) groups excluding carboxylic acids is 2. The molecule has 1 aromatic rings. The van der Waals surface area contributed by atoms with Crippen molar-refractivity contribution in [2.24, 2.45) is 11.3 Å². The van der Waals surface area contributed by atoms with Gasteiger partial charge in [-0.1, -0.05) is 18.2 Å². The number of amides is 3. The highest BCUT2D eigenvalue weighted by Gasteiger charge is 2.49. The van der Waals surface area contributed by atoms with Crippen LogP contribution in [0.15, 0.2) is 24.3 Å². The van der Waals surface area contributed by atoms with E-state index in [1.807, 2.05) is 41.0 Å². The van der Waals surface area contributed by atoms with Crippen molar-refractivity contribution in [2.45, 2.75) is 39.0 Å². The number of nitrogens with one attached hydrogen (secondary N) is 1. The van der Waals surface area contributed by atoms with Crippen LogP contribution in [0.4, 0.5) is 10.5 Å². The van der Waals surface area contributed by atoms with Gasteiger partial charge in [-0.2, -0.15) is 0 Å². The van der Waals surface area contributed by atoms with Gasteiger partial charge in [0.15, 0.2) is 0 Å². The Kier molecular flexibility index (Phi) is 5.58. The second-order valence-electron chi connectivity index (χ2n) is 8.53. The van der Waals surface area contributed by atoms with Crippen molar-refractivity contribution in [1.82, 2.24) is 9.80 Å². The number of aryl methyl sites for hydroxylation is 1. The first-order valence-electron chi connectivity index (χ1n) is 10.5. The quantitative estimate of drug-likeness (QED) is 0.869. The number of piperidine rings is 1. The molecule has 2 saturated heterocycles. The van der Waals surface area contributed by atoms with Gasteiger partial charge in [-0.05, 0) is 55.6 Å². The first-order chi connectivity index (χ1) is 13.6. The second kappa shape index (κ2) is 8.11. The van der Waals surface area contributed by atoms with Gasteiger partial charge in [-0.3, -0.25) is 4.79 Å². The van der Waals surface area contributed by atoms with Crippen molar-refractivity contribution in [3.8, 4) is 0 Å². The monoisotopic (exact) mass is 385 g/mol. The average Bonchev–Trinajstić information content (AvgIpc) is 2.73. The van der Waals surface area contributed by atoms with Crippen LogP contribution in [-0.4, -0.2) is 61.1 Å². The number of rotatable bonds is 3. The number of hydrogen-bond donors (Lipinski definition) is 1. The van der Waals surface area contributed by atoms with Gasteiger partial charge in [0, 0.05) is 38.3 Å². The molecule has 1 unspecified atom stereocenters. The molecule has 1 N–H and O–H groups in total. The van der Waals surface area contributed by atoms with Crippen LogP contribution in [0.2, 0.25) is 0 Å². The topological polar surface area (TPSA) is 61.9 Å². The largest absolute Gasteiger partial charge is 0.378 e. The Morgan fingerprint density at radius 2 is 1.79 bits per heavy atom. The molecule has 2 aliphatic heterocycles. The number of likely N-dealkylation sites (tertiary alicyclic amines) is 1. The SMILES string of the molecule is Cc1ccccc1NC(=O)N1CCC2(CCC2CC(=O)N2CCOCC2)CC1. The van der Waals surface area contributed by atoms with Crippen molar-refractivity contribution in [3.63, 3.8) is 0 Å². The number of urea groups is 1. The van der Waals surface area contributed by atoms with Crippen LogP contribution in [-0.2, 0) is 9.53 Å². The Bertz CT molecular complexity index is 721. The normalized spacial score (nSPS) is 24.0. The van der Waals surface area contributed by atoms with Crippen molar-refractivity contribution in [2.75, 3.05) is 44.7 Å². The summed E-state index contributed by atoms with van der Waals surface area (Å²) >= 11 is 0. The number of ether oxygens (including phenoxy) is 1. The number of benzene rings is 1. The van der Waals surface area contributed by atoms with E-state index in [0.29, 0.717) is 25.6 Å².